The van der Waals surface area contributed by atoms with Crippen molar-refractivity contribution in [2.75, 3.05) is 12.4 Å². The first-order valence-electron chi connectivity index (χ1n) is 7.40. The van der Waals surface area contributed by atoms with Gasteiger partial charge in [-0.25, -0.2) is 4.79 Å². The molecule has 0 saturated carbocycles. The Kier molecular flexibility index (Phi) is 5.90. The Bertz CT molecular complexity index is 596. The van der Waals surface area contributed by atoms with Gasteiger partial charge in [0.05, 0.1) is 12.7 Å². The lowest BCUT2D eigenvalue weighted by Crippen LogP contribution is -2.34. The molecule has 0 unspecified atom stereocenters. The maximum absolute atomic E-state index is 12.1. The van der Waals surface area contributed by atoms with E-state index >= 15 is 0 Å². The maximum Gasteiger partial charge on any atom is 0.341 e. The van der Waals surface area contributed by atoms with Crippen molar-refractivity contribution in [2.45, 2.75) is 45.4 Å². The molecule has 1 aromatic heterocycles. The average molecular weight is 340 g/mol. The van der Waals surface area contributed by atoms with Gasteiger partial charge in [-0.05, 0) is 49.9 Å². The summed E-state index contributed by atoms with van der Waals surface area (Å²) < 4.78 is 4.90. The second-order valence-corrected chi connectivity index (χ2v) is 6.67. The number of aryl methyl sites for hydroxylation is 1. The van der Waals surface area contributed by atoms with Gasteiger partial charge in [-0.1, -0.05) is 6.92 Å². The van der Waals surface area contributed by atoms with Crippen molar-refractivity contribution >= 4 is 45.5 Å². The summed E-state index contributed by atoms with van der Waals surface area (Å²) >= 11 is 6.68. The zero-order valence-corrected chi connectivity index (χ0v) is 14.4. The van der Waals surface area contributed by atoms with E-state index in [2.05, 4.69) is 10.6 Å². The summed E-state index contributed by atoms with van der Waals surface area (Å²) in [6.07, 6.45) is 5.24. The number of rotatable bonds is 4. The second-order valence-electron chi connectivity index (χ2n) is 5.16. The summed E-state index contributed by atoms with van der Waals surface area (Å²) in [6, 6.07) is 0. The number of carbonyl (C=O) groups excluding carboxylic acids is 2. The largest absolute Gasteiger partial charge is 0.465 e. The van der Waals surface area contributed by atoms with Crippen LogP contribution in [0.25, 0.3) is 0 Å². The number of amides is 1. The minimum Gasteiger partial charge on any atom is -0.465 e. The van der Waals surface area contributed by atoms with E-state index in [0.717, 1.165) is 37.7 Å². The summed E-state index contributed by atoms with van der Waals surface area (Å²) in [5, 5.41) is 6.51. The van der Waals surface area contributed by atoms with Crippen molar-refractivity contribution in [1.29, 1.82) is 0 Å². The molecule has 0 spiro atoms. The number of anilines is 1. The summed E-state index contributed by atoms with van der Waals surface area (Å²) in [7, 11) is 1.38. The summed E-state index contributed by atoms with van der Waals surface area (Å²) in [5.74, 6) is -0.481. The van der Waals surface area contributed by atoms with E-state index in [0.29, 0.717) is 17.0 Å². The first kappa shape index (κ1) is 16.9. The highest BCUT2D eigenvalue weighted by Gasteiger charge is 2.26. The van der Waals surface area contributed by atoms with Gasteiger partial charge < -0.3 is 15.4 Å². The third kappa shape index (κ3) is 3.84. The van der Waals surface area contributed by atoms with E-state index in [1.807, 2.05) is 6.92 Å². The van der Waals surface area contributed by atoms with Gasteiger partial charge in [0.25, 0.3) is 0 Å². The molecule has 1 aromatic rings. The zero-order valence-electron chi connectivity index (χ0n) is 12.8. The predicted octanol–water partition coefficient (Wildman–Crippen LogP) is 3.03. The molecule has 1 amide bonds. The molecule has 0 radical (unpaired) electrons. The topological polar surface area (TPSA) is 67.4 Å². The fourth-order valence-corrected chi connectivity index (χ4v) is 4.08. The molecule has 0 saturated heterocycles. The van der Waals surface area contributed by atoms with Crippen LogP contribution in [0.4, 0.5) is 5.00 Å². The average Bonchev–Trinajstić information content (AvgIpc) is 2.84. The predicted molar refractivity (Wildman–Crippen MR) is 91.6 cm³/mol. The minimum absolute atomic E-state index is 0.124. The number of ether oxygens (including phenoxy) is 1. The quantitative estimate of drug-likeness (QED) is 0.651. The number of carbonyl (C=O) groups is 2. The SMILES string of the molecule is CCCC(=O)NC(=S)Nc1sc2c(c1C(=O)OC)CCCC2. The molecule has 0 aromatic carbocycles. The maximum atomic E-state index is 12.1. The van der Waals surface area contributed by atoms with Gasteiger partial charge >= 0.3 is 5.97 Å². The fourth-order valence-electron chi connectivity index (χ4n) is 2.52. The van der Waals surface area contributed by atoms with Gasteiger partial charge in [0.1, 0.15) is 5.00 Å². The Morgan fingerprint density at radius 1 is 1.32 bits per heavy atom. The number of thiocarbonyl (C=S) groups is 1. The number of thiophene rings is 1. The van der Waals surface area contributed by atoms with Crippen LogP contribution in [0.1, 0.15) is 53.4 Å². The lowest BCUT2D eigenvalue weighted by Gasteiger charge is -2.12. The molecule has 0 fully saturated rings. The molecule has 1 heterocycles. The van der Waals surface area contributed by atoms with Crippen LogP contribution < -0.4 is 10.6 Å². The number of nitrogens with one attached hydrogen (secondary N) is 2. The van der Waals surface area contributed by atoms with Crippen LogP contribution in [0.15, 0.2) is 0 Å². The van der Waals surface area contributed by atoms with Crippen LogP contribution in [0, 0.1) is 0 Å². The molecule has 1 aliphatic rings. The Morgan fingerprint density at radius 2 is 2.05 bits per heavy atom. The number of hydrogen-bond donors (Lipinski definition) is 2. The number of hydrogen-bond acceptors (Lipinski definition) is 5. The molecule has 2 rings (SSSR count). The Morgan fingerprint density at radius 3 is 2.73 bits per heavy atom. The van der Waals surface area contributed by atoms with Crippen LogP contribution in [-0.2, 0) is 22.4 Å². The van der Waals surface area contributed by atoms with Crippen molar-refractivity contribution in [3.05, 3.63) is 16.0 Å². The highest BCUT2D eigenvalue weighted by atomic mass is 32.1. The number of fused-ring (bicyclic) bond motifs is 1. The second kappa shape index (κ2) is 7.69. The first-order chi connectivity index (χ1) is 10.6. The van der Waals surface area contributed by atoms with Gasteiger partial charge in [0.15, 0.2) is 5.11 Å². The number of esters is 1. The van der Waals surface area contributed by atoms with E-state index in [-0.39, 0.29) is 17.0 Å². The van der Waals surface area contributed by atoms with E-state index in [1.165, 1.54) is 23.3 Å². The van der Waals surface area contributed by atoms with Gasteiger partial charge in [-0.15, -0.1) is 11.3 Å². The summed E-state index contributed by atoms with van der Waals surface area (Å²) in [4.78, 5) is 24.9. The molecule has 120 valence electrons. The third-order valence-corrected chi connectivity index (χ3v) is 4.93. The van der Waals surface area contributed by atoms with Crippen molar-refractivity contribution in [1.82, 2.24) is 5.32 Å². The molecule has 2 N–H and O–H groups in total. The Hall–Kier alpha value is -1.47. The van der Waals surface area contributed by atoms with Gasteiger partial charge in [-0.2, -0.15) is 0 Å². The standard InChI is InChI=1S/C15H20N2O3S2/c1-3-6-11(18)16-15(21)17-13-12(14(19)20-2)9-7-4-5-8-10(9)22-13/h3-8H2,1-2H3,(H2,16,17,18,21). The molecule has 0 bridgehead atoms. The van der Waals surface area contributed by atoms with Crippen molar-refractivity contribution in [3.8, 4) is 0 Å². The monoisotopic (exact) mass is 340 g/mol. The smallest absolute Gasteiger partial charge is 0.341 e. The highest BCUT2D eigenvalue weighted by molar-refractivity contribution is 7.80. The minimum atomic E-state index is -0.357. The van der Waals surface area contributed by atoms with Gasteiger partial charge in [0.2, 0.25) is 5.91 Å². The van der Waals surface area contributed by atoms with Crippen molar-refractivity contribution < 1.29 is 14.3 Å². The van der Waals surface area contributed by atoms with E-state index in [1.54, 1.807) is 0 Å². The van der Waals surface area contributed by atoms with Crippen LogP contribution in [0.3, 0.4) is 0 Å². The molecule has 0 aliphatic heterocycles. The van der Waals surface area contributed by atoms with E-state index < -0.39 is 0 Å². The number of methoxy groups -OCH3 is 1. The first-order valence-corrected chi connectivity index (χ1v) is 8.63. The van der Waals surface area contributed by atoms with Gasteiger partial charge in [0, 0.05) is 11.3 Å². The normalized spacial score (nSPS) is 13.2. The van der Waals surface area contributed by atoms with Crippen molar-refractivity contribution in [3.63, 3.8) is 0 Å². The molecule has 5 nitrogen and oxygen atoms in total. The molecule has 0 atom stereocenters. The van der Waals surface area contributed by atoms with Gasteiger partial charge in [-0.3, -0.25) is 4.79 Å². The third-order valence-electron chi connectivity index (χ3n) is 3.52. The summed E-state index contributed by atoms with van der Waals surface area (Å²) in [5.41, 5.74) is 1.63. The zero-order chi connectivity index (χ0) is 16.1. The lowest BCUT2D eigenvalue weighted by atomic mass is 9.95. The van der Waals surface area contributed by atoms with E-state index in [4.69, 9.17) is 17.0 Å². The van der Waals surface area contributed by atoms with Crippen LogP contribution in [0.5, 0.6) is 0 Å². The molecular weight excluding hydrogens is 320 g/mol. The molecule has 7 heteroatoms. The van der Waals surface area contributed by atoms with Crippen LogP contribution in [0.2, 0.25) is 0 Å². The molecular formula is C15H20N2O3S2. The highest BCUT2D eigenvalue weighted by Crippen LogP contribution is 2.38. The molecule has 22 heavy (non-hydrogen) atoms. The van der Waals surface area contributed by atoms with Crippen molar-refractivity contribution in [2.24, 2.45) is 0 Å². The van der Waals surface area contributed by atoms with Crippen LogP contribution in [-0.4, -0.2) is 24.1 Å². The fraction of sp³-hybridized carbons (Fsp3) is 0.533. The van der Waals surface area contributed by atoms with Crippen LogP contribution >= 0.6 is 23.6 Å². The summed E-state index contributed by atoms with van der Waals surface area (Å²) in [6.45, 7) is 1.93. The Balaban J connectivity index is 2.19. The Labute approximate surface area is 139 Å². The lowest BCUT2D eigenvalue weighted by molar-refractivity contribution is -0.119. The van der Waals surface area contributed by atoms with E-state index in [9.17, 15) is 9.59 Å². The molecule has 1 aliphatic carbocycles.